The molecule has 0 aliphatic heterocycles. The van der Waals surface area contributed by atoms with Gasteiger partial charge in [0.05, 0.1) is 0 Å². The Labute approximate surface area is 88.6 Å². The summed E-state index contributed by atoms with van der Waals surface area (Å²) in [6, 6.07) is 0. The van der Waals surface area contributed by atoms with E-state index >= 15 is 0 Å². The first-order valence-corrected chi connectivity index (χ1v) is 1.26. The van der Waals surface area contributed by atoms with Crippen LogP contribution >= 0.6 is 0 Å². The molecule has 0 fully saturated rings. The van der Waals surface area contributed by atoms with Gasteiger partial charge in [0.15, 0.2) is 0 Å². The fraction of sp³-hybridized carbons (Fsp3) is 0. The van der Waals surface area contributed by atoms with Crippen molar-refractivity contribution in [2.75, 3.05) is 0 Å². The molecule has 59 valence electrons. The van der Waals surface area contributed by atoms with Gasteiger partial charge < -0.3 is 30.0 Å². The molecule has 6 nitrogen and oxygen atoms in total. The van der Waals surface area contributed by atoms with Gasteiger partial charge in [0.25, 0.3) is 0 Å². The van der Waals surface area contributed by atoms with Crippen LogP contribution in [0, 0.1) is 0 Å². The van der Waals surface area contributed by atoms with E-state index in [4.69, 9.17) is 30.0 Å². The van der Waals surface area contributed by atoms with Crippen molar-refractivity contribution in [1.29, 1.82) is 0 Å². The van der Waals surface area contributed by atoms with E-state index in [9.17, 15) is 0 Å². The summed E-state index contributed by atoms with van der Waals surface area (Å²) in [4.78, 5) is 16.9. The predicted molar refractivity (Wildman–Crippen MR) is 23.2 cm³/mol. The Morgan fingerprint density at radius 3 is 1.00 bits per heavy atom. The van der Waals surface area contributed by atoms with Crippen molar-refractivity contribution in [2.45, 2.75) is 0 Å². The monoisotopic (exact) mass is 209 g/mol. The molecular formula is C2H3CuNaO6. The van der Waals surface area contributed by atoms with Crippen LogP contribution in [0.2, 0.25) is 0 Å². The van der Waals surface area contributed by atoms with Crippen molar-refractivity contribution in [3.05, 3.63) is 0 Å². The second kappa shape index (κ2) is 16.0. The SMILES string of the molecule is O=C([O-])O.O=C([O-])O.[Cu+2].[NaH]. The Kier molecular flexibility index (Phi) is 36.0. The standard InChI is InChI=1S/2CH2O3.Cu.Na.H/c2*2-1(3)4;;;/h2*(H2,2,3,4);;;/q;;+2;;/p-2. The summed E-state index contributed by atoms with van der Waals surface area (Å²) in [7, 11) is 0. The fourth-order valence-corrected chi connectivity index (χ4v) is 0. The molecule has 0 unspecified atom stereocenters. The predicted octanol–water partition coefficient (Wildman–Crippen LogP) is -2.88. The van der Waals surface area contributed by atoms with Crippen molar-refractivity contribution < 1.29 is 47.1 Å². The molecule has 2 N–H and O–H groups in total. The zero-order chi connectivity index (χ0) is 7.15. The first-order valence-electron chi connectivity index (χ1n) is 1.26. The van der Waals surface area contributed by atoms with E-state index < -0.39 is 12.3 Å². The van der Waals surface area contributed by atoms with Gasteiger partial charge >= 0.3 is 46.6 Å². The van der Waals surface area contributed by atoms with E-state index in [1.807, 2.05) is 0 Å². The van der Waals surface area contributed by atoms with Crippen molar-refractivity contribution in [3.63, 3.8) is 0 Å². The molecule has 0 rings (SSSR count). The molecule has 0 amide bonds. The van der Waals surface area contributed by atoms with Crippen LogP contribution < -0.4 is 10.2 Å². The summed E-state index contributed by atoms with van der Waals surface area (Å²) in [6.45, 7) is 0. The van der Waals surface area contributed by atoms with Gasteiger partial charge in [-0.05, 0) is 0 Å². The van der Waals surface area contributed by atoms with Crippen LogP contribution in [0.5, 0.6) is 0 Å². The Bertz CT molecular complexity index is 73.7. The van der Waals surface area contributed by atoms with Gasteiger partial charge in [-0.25, -0.2) is 0 Å². The Balaban J connectivity index is -0.0000000300. The topological polar surface area (TPSA) is 121 Å². The molecule has 10 heavy (non-hydrogen) atoms. The number of carbonyl (C=O) groups is 2. The summed E-state index contributed by atoms with van der Waals surface area (Å²) in [6.07, 6.45) is -4.17. The minimum atomic E-state index is -2.08. The van der Waals surface area contributed by atoms with Crippen LogP contribution in [-0.2, 0) is 17.1 Å². The maximum absolute atomic E-state index is 8.44. The molecule has 0 aromatic heterocycles. The molecule has 0 aromatic carbocycles. The molecule has 1 radical (unpaired) electrons. The molecule has 0 aliphatic carbocycles. The van der Waals surface area contributed by atoms with Gasteiger partial charge in [-0.15, -0.1) is 0 Å². The normalized spacial score (nSPS) is 4.80. The molecule has 0 aliphatic rings. The van der Waals surface area contributed by atoms with E-state index in [1.165, 1.54) is 0 Å². The van der Waals surface area contributed by atoms with Crippen molar-refractivity contribution in [3.8, 4) is 0 Å². The van der Waals surface area contributed by atoms with Crippen LogP contribution in [0.1, 0.15) is 0 Å². The van der Waals surface area contributed by atoms with Crippen molar-refractivity contribution in [1.82, 2.24) is 0 Å². The van der Waals surface area contributed by atoms with Crippen LogP contribution in [0.4, 0.5) is 9.59 Å². The molecule has 0 saturated heterocycles. The number of hydrogen-bond donors (Lipinski definition) is 2. The second-order valence-corrected chi connectivity index (χ2v) is 0.532. The van der Waals surface area contributed by atoms with Crippen molar-refractivity contribution >= 4 is 41.9 Å². The summed E-state index contributed by atoms with van der Waals surface area (Å²) >= 11 is 0. The van der Waals surface area contributed by atoms with E-state index in [0.717, 1.165) is 0 Å². The molecule has 8 heteroatoms. The molecule has 0 spiro atoms. The van der Waals surface area contributed by atoms with Crippen molar-refractivity contribution in [2.24, 2.45) is 0 Å². The Hall–Kier alpha value is 0.0595. The molecule has 0 saturated carbocycles. The molecule has 0 bridgehead atoms. The Morgan fingerprint density at radius 1 is 1.00 bits per heavy atom. The molecule has 0 atom stereocenters. The van der Waals surface area contributed by atoms with Gasteiger partial charge in [0.2, 0.25) is 12.3 Å². The average Bonchev–Trinajstić information content (AvgIpc) is 1.25. The van der Waals surface area contributed by atoms with Crippen LogP contribution in [0.15, 0.2) is 0 Å². The zero-order valence-corrected chi connectivity index (χ0v) is 4.77. The van der Waals surface area contributed by atoms with Crippen LogP contribution in [-0.4, -0.2) is 52.1 Å². The van der Waals surface area contributed by atoms with Gasteiger partial charge in [0, 0.05) is 0 Å². The molecular weight excluding hydrogens is 207 g/mol. The summed E-state index contributed by atoms with van der Waals surface area (Å²) < 4.78 is 0. The third kappa shape index (κ3) is 114000. The summed E-state index contributed by atoms with van der Waals surface area (Å²) in [5, 5.41) is 30.6. The average molecular weight is 210 g/mol. The van der Waals surface area contributed by atoms with Gasteiger partial charge in [0.1, 0.15) is 0 Å². The van der Waals surface area contributed by atoms with Gasteiger partial charge in [-0.2, -0.15) is 0 Å². The minimum absolute atomic E-state index is 0. The quantitative estimate of drug-likeness (QED) is 0.414. The third-order valence-corrected chi connectivity index (χ3v) is 0. The second-order valence-electron chi connectivity index (χ2n) is 0.532. The summed E-state index contributed by atoms with van der Waals surface area (Å²) in [5.74, 6) is 0. The van der Waals surface area contributed by atoms with E-state index in [-0.39, 0.29) is 46.6 Å². The Morgan fingerprint density at radius 2 is 1.00 bits per heavy atom. The van der Waals surface area contributed by atoms with E-state index in [2.05, 4.69) is 0 Å². The first kappa shape index (κ1) is 22.5. The van der Waals surface area contributed by atoms with Gasteiger partial charge in [-0.3, -0.25) is 0 Å². The zero-order valence-electron chi connectivity index (χ0n) is 3.83. The number of carboxylic acid groups (broad SMARTS) is 4. The maximum atomic E-state index is 8.44. The van der Waals surface area contributed by atoms with Gasteiger partial charge in [-0.1, -0.05) is 0 Å². The van der Waals surface area contributed by atoms with E-state index in [0.29, 0.717) is 0 Å². The third-order valence-electron chi connectivity index (χ3n) is 0. The first-order chi connectivity index (χ1) is 3.46. The molecule has 0 aromatic rings. The van der Waals surface area contributed by atoms with Crippen LogP contribution in [0.25, 0.3) is 0 Å². The summed E-state index contributed by atoms with van der Waals surface area (Å²) in [5.41, 5.74) is 0. The fourth-order valence-electron chi connectivity index (χ4n) is 0. The number of hydrogen-bond acceptors (Lipinski definition) is 4. The van der Waals surface area contributed by atoms with E-state index in [1.54, 1.807) is 0 Å². The molecule has 0 heterocycles. The van der Waals surface area contributed by atoms with Crippen LogP contribution in [0.3, 0.4) is 0 Å². The number of rotatable bonds is 0.